The number of hydrogen-bond donors (Lipinski definition) is 5. The molecule has 0 spiro atoms. The van der Waals surface area contributed by atoms with Gasteiger partial charge in [0.1, 0.15) is 0 Å². The van der Waals surface area contributed by atoms with Gasteiger partial charge in [-0.2, -0.15) is 18.3 Å². The van der Waals surface area contributed by atoms with E-state index in [2.05, 4.69) is 38.0 Å². The number of benzene rings is 2. The quantitative estimate of drug-likeness (QED) is 0.193. The monoisotopic (exact) mass is 616 g/mol. The number of hydrogen-bond acceptors (Lipinski definition) is 7. The third-order valence-corrected chi connectivity index (χ3v) is 7.75. The molecule has 43 heavy (non-hydrogen) atoms. The molecule has 14 heteroatoms. The van der Waals surface area contributed by atoms with Crippen LogP contribution in [0.5, 0.6) is 0 Å². The number of alkyl halides is 3. The first-order chi connectivity index (χ1) is 20.5. The molecule has 1 aliphatic heterocycles. The second-order valence-corrected chi connectivity index (χ2v) is 10.9. The minimum Gasteiger partial charge on any atom is -0.475 e. The number of fused-ring (bicyclic) bond motifs is 1. The van der Waals surface area contributed by atoms with Crippen molar-refractivity contribution in [2.24, 2.45) is 0 Å². The maximum absolute atomic E-state index is 13.0. The van der Waals surface area contributed by atoms with Crippen LogP contribution in [0.3, 0.4) is 0 Å². The highest BCUT2D eigenvalue weighted by Gasteiger charge is 2.38. The van der Waals surface area contributed by atoms with Crippen LogP contribution in [0.4, 0.5) is 24.7 Å². The van der Waals surface area contributed by atoms with Crippen molar-refractivity contribution in [3.8, 4) is 0 Å². The van der Waals surface area contributed by atoms with Crippen LogP contribution in [0.1, 0.15) is 51.9 Å². The first kappa shape index (κ1) is 31.5. The Morgan fingerprint density at radius 2 is 1.81 bits per heavy atom. The van der Waals surface area contributed by atoms with Gasteiger partial charge in [-0.1, -0.05) is 13.0 Å². The summed E-state index contributed by atoms with van der Waals surface area (Å²) < 4.78 is 31.7. The Labute approximate surface area is 249 Å². The third kappa shape index (κ3) is 8.11. The molecule has 0 bridgehead atoms. The maximum atomic E-state index is 13.0. The zero-order valence-electron chi connectivity index (χ0n) is 23.4. The number of rotatable bonds is 7. The van der Waals surface area contributed by atoms with Crippen molar-refractivity contribution in [2.45, 2.75) is 38.5 Å². The van der Waals surface area contributed by atoms with Gasteiger partial charge in [-0.3, -0.25) is 14.7 Å². The second-order valence-electron chi connectivity index (χ2n) is 9.89. The summed E-state index contributed by atoms with van der Waals surface area (Å²) >= 11 is 1.63. The molecule has 2 aromatic heterocycles. The molecule has 0 aliphatic carbocycles. The first-order valence-corrected chi connectivity index (χ1v) is 14.4. The fourth-order valence-electron chi connectivity index (χ4n) is 4.53. The standard InChI is InChI=1S/C27H30N6O2S.C2HF3O2/c1-3-22(24-5-4-14-36-24)29-27(35)19-8-11-23-21(15-19)25(32-31-23)30-26(34)18-6-9-20(10-7-18)33-13-12-28-17(2)16-33;3-2(4,5)1(6)7/h4-11,14-15,17,22,28H,3,12-13,16H2,1-2H3,(H,29,35)(H2,30,31,32,34);(H,6,7). The fraction of sp³-hybridized carbons (Fsp3) is 0.310. The number of carboxylic acid groups (broad SMARTS) is 1. The van der Waals surface area contributed by atoms with Crippen molar-refractivity contribution < 1.29 is 32.7 Å². The highest BCUT2D eigenvalue weighted by Crippen LogP contribution is 2.25. The predicted octanol–water partition coefficient (Wildman–Crippen LogP) is 5.19. The van der Waals surface area contributed by atoms with Gasteiger partial charge >= 0.3 is 12.1 Å². The van der Waals surface area contributed by atoms with Gasteiger partial charge in [-0.05, 0) is 67.3 Å². The summed E-state index contributed by atoms with van der Waals surface area (Å²) in [6, 6.07) is 17.4. The summed E-state index contributed by atoms with van der Waals surface area (Å²) in [6.07, 6.45) is -4.28. The van der Waals surface area contributed by atoms with E-state index in [9.17, 15) is 22.8 Å². The fourth-order valence-corrected chi connectivity index (χ4v) is 5.39. The van der Waals surface area contributed by atoms with E-state index in [1.165, 1.54) is 0 Å². The SMILES string of the molecule is CCC(NC(=O)c1ccc2[nH]nc(NC(=O)c3ccc(N4CCNC(C)C4)cc3)c2c1)c1cccs1.O=C(O)C(F)(F)F. The van der Waals surface area contributed by atoms with Gasteiger partial charge in [0.2, 0.25) is 0 Å². The lowest BCUT2D eigenvalue weighted by molar-refractivity contribution is -0.192. The number of anilines is 2. The van der Waals surface area contributed by atoms with Crippen LogP contribution in [0.2, 0.25) is 0 Å². The van der Waals surface area contributed by atoms with Crippen LogP contribution >= 0.6 is 11.3 Å². The van der Waals surface area contributed by atoms with Gasteiger partial charge in [-0.25, -0.2) is 4.79 Å². The number of piperazine rings is 1. The highest BCUT2D eigenvalue weighted by molar-refractivity contribution is 7.10. The summed E-state index contributed by atoms with van der Waals surface area (Å²) in [5, 5.41) is 26.5. The summed E-state index contributed by atoms with van der Waals surface area (Å²) in [7, 11) is 0. The minimum atomic E-state index is -5.08. The van der Waals surface area contributed by atoms with E-state index in [0.29, 0.717) is 28.4 Å². The van der Waals surface area contributed by atoms with Crippen LogP contribution in [-0.2, 0) is 4.79 Å². The van der Waals surface area contributed by atoms with E-state index < -0.39 is 12.1 Å². The van der Waals surface area contributed by atoms with Crippen LogP contribution in [0.25, 0.3) is 10.9 Å². The lowest BCUT2D eigenvalue weighted by Crippen LogP contribution is -2.49. The van der Waals surface area contributed by atoms with Crippen LogP contribution in [0, 0.1) is 0 Å². The summed E-state index contributed by atoms with van der Waals surface area (Å²) in [5.74, 6) is -2.77. The second kappa shape index (κ2) is 13.7. The number of halogens is 3. The van der Waals surface area contributed by atoms with Gasteiger partial charge in [0.15, 0.2) is 5.82 Å². The molecule has 1 saturated heterocycles. The van der Waals surface area contributed by atoms with Gasteiger partial charge < -0.3 is 26.0 Å². The Hall–Kier alpha value is -4.43. The number of thiophene rings is 1. The molecule has 3 heterocycles. The molecule has 1 aliphatic rings. The van der Waals surface area contributed by atoms with E-state index in [1.807, 2.05) is 54.8 Å². The molecule has 10 nitrogen and oxygen atoms in total. The number of nitrogens with zero attached hydrogens (tertiary/aromatic N) is 2. The Morgan fingerprint density at radius 1 is 1.12 bits per heavy atom. The van der Waals surface area contributed by atoms with Crippen molar-refractivity contribution in [1.82, 2.24) is 20.8 Å². The maximum Gasteiger partial charge on any atom is 0.490 e. The van der Waals surface area contributed by atoms with Crippen molar-refractivity contribution in [1.29, 1.82) is 0 Å². The van der Waals surface area contributed by atoms with Crippen molar-refractivity contribution >= 4 is 51.5 Å². The van der Waals surface area contributed by atoms with Crippen LogP contribution in [0.15, 0.2) is 60.0 Å². The molecule has 0 radical (unpaired) electrons. The number of nitrogens with one attached hydrogen (secondary N) is 4. The smallest absolute Gasteiger partial charge is 0.475 e. The molecule has 2 unspecified atom stereocenters. The number of H-pyrrole nitrogens is 1. The van der Waals surface area contributed by atoms with E-state index in [4.69, 9.17) is 9.90 Å². The molecule has 0 saturated carbocycles. The molecular weight excluding hydrogens is 585 g/mol. The number of carbonyl (C=O) groups is 3. The van der Waals surface area contributed by atoms with Gasteiger partial charge in [-0.15, -0.1) is 11.3 Å². The molecular formula is C29H31F3N6O4S. The van der Waals surface area contributed by atoms with Crippen molar-refractivity contribution in [3.05, 3.63) is 76.0 Å². The largest absolute Gasteiger partial charge is 0.490 e. The number of amides is 2. The van der Waals surface area contributed by atoms with Gasteiger partial charge in [0.05, 0.1) is 11.6 Å². The zero-order chi connectivity index (χ0) is 31.1. The van der Waals surface area contributed by atoms with Crippen molar-refractivity contribution in [2.75, 3.05) is 29.9 Å². The Morgan fingerprint density at radius 3 is 2.42 bits per heavy atom. The predicted molar refractivity (Wildman–Crippen MR) is 159 cm³/mol. The Kier molecular flexibility index (Phi) is 10.0. The highest BCUT2D eigenvalue weighted by atomic mass is 32.1. The first-order valence-electron chi connectivity index (χ1n) is 13.5. The van der Waals surface area contributed by atoms with E-state index >= 15 is 0 Å². The normalized spacial score (nSPS) is 15.7. The van der Waals surface area contributed by atoms with Gasteiger partial charge in [0.25, 0.3) is 11.8 Å². The van der Waals surface area contributed by atoms with E-state index in [1.54, 1.807) is 23.5 Å². The number of aliphatic carboxylic acids is 1. The molecule has 5 rings (SSSR count). The van der Waals surface area contributed by atoms with Crippen LogP contribution in [-0.4, -0.2) is 64.9 Å². The molecule has 2 amide bonds. The van der Waals surface area contributed by atoms with E-state index in [-0.39, 0.29) is 17.9 Å². The van der Waals surface area contributed by atoms with Gasteiger partial charge in [0, 0.05) is 52.8 Å². The number of carbonyl (C=O) groups excluding carboxylic acids is 2. The third-order valence-electron chi connectivity index (χ3n) is 6.76. The molecule has 228 valence electrons. The molecule has 2 aromatic carbocycles. The lowest BCUT2D eigenvalue weighted by atomic mass is 10.1. The molecule has 1 fully saturated rings. The molecule has 4 aromatic rings. The van der Waals surface area contributed by atoms with Crippen LogP contribution < -0.4 is 20.9 Å². The summed E-state index contributed by atoms with van der Waals surface area (Å²) in [5.41, 5.74) is 2.92. The summed E-state index contributed by atoms with van der Waals surface area (Å²) in [6.45, 7) is 7.05. The Balaban J connectivity index is 0.000000541. The lowest BCUT2D eigenvalue weighted by Gasteiger charge is -2.33. The topological polar surface area (TPSA) is 139 Å². The van der Waals surface area contributed by atoms with E-state index in [0.717, 1.165) is 42.1 Å². The minimum absolute atomic E-state index is 0.0379. The average Bonchev–Trinajstić information content (AvgIpc) is 3.66. The number of aromatic amines is 1. The number of aromatic nitrogens is 2. The number of carboxylic acids is 1. The van der Waals surface area contributed by atoms with Crippen molar-refractivity contribution in [3.63, 3.8) is 0 Å². The molecule has 5 N–H and O–H groups in total. The zero-order valence-corrected chi connectivity index (χ0v) is 24.2. The Bertz CT molecular complexity index is 1560. The average molecular weight is 617 g/mol. The summed E-state index contributed by atoms with van der Waals surface area (Å²) in [4.78, 5) is 38.3. The molecule has 2 atom stereocenters.